The van der Waals surface area contributed by atoms with E-state index in [0.717, 1.165) is 33.5 Å². The molecule has 2 fully saturated rings. The van der Waals surface area contributed by atoms with Crippen LogP contribution < -0.4 is 4.57 Å². The standard InChI is InChI=1S/C30H29F9N/c1-16-13-17(2)18(3)21(14-16)24-15-22(20-7-5-6-8-23(20)40(24)4)19-9-11-26(12-10-19)29(36,37)27(32,33)25(31)28(34,35)30(26,38)39/h5-8,13-15,19,25H,9-12H2,1-4H3/q+1. The number of aryl methyl sites for hydroxylation is 3. The van der Waals surface area contributed by atoms with Crippen molar-refractivity contribution in [2.24, 2.45) is 12.5 Å². The van der Waals surface area contributed by atoms with Crippen LogP contribution in [0.1, 0.15) is 53.9 Å². The SMILES string of the molecule is Cc1cc(C)c(C)c(-c2cc(C3CCC4(CC3)C(F)(F)C(F)(F)C(F)C(F)(F)C4(F)F)c3ccccc3[n+]2C)c1. The molecule has 0 aliphatic heterocycles. The van der Waals surface area contributed by atoms with Crippen molar-refractivity contribution >= 4 is 10.9 Å². The molecule has 216 valence electrons. The molecule has 0 N–H and O–H groups in total. The second-order valence-electron chi connectivity index (χ2n) is 11.4. The molecular formula is C30H29F9N+. The van der Waals surface area contributed by atoms with E-state index < -0.39 is 66.9 Å². The fraction of sp³-hybridized carbons (Fsp3) is 0.500. The Bertz CT molecular complexity index is 1460. The van der Waals surface area contributed by atoms with E-state index in [4.69, 9.17) is 0 Å². The van der Waals surface area contributed by atoms with Crippen molar-refractivity contribution in [1.82, 2.24) is 0 Å². The van der Waals surface area contributed by atoms with Gasteiger partial charge in [-0.15, -0.1) is 0 Å². The maximum Gasteiger partial charge on any atom is 0.347 e. The summed E-state index contributed by atoms with van der Waals surface area (Å²) >= 11 is 0. The van der Waals surface area contributed by atoms with Gasteiger partial charge in [0.25, 0.3) is 0 Å². The lowest BCUT2D eigenvalue weighted by atomic mass is 9.56. The summed E-state index contributed by atoms with van der Waals surface area (Å²) in [5.74, 6) is -23.9. The molecule has 2 aromatic carbocycles. The normalized spacial score (nSPS) is 28.6. The molecule has 5 rings (SSSR count). The first kappa shape index (κ1) is 28.7. The highest BCUT2D eigenvalue weighted by Gasteiger charge is 2.92. The number of halogens is 9. The quantitative estimate of drug-likeness (QED) is 0.213. The number of pyridine rings is 1. The number of para-hydroxylation sites is 1. The highest BCUT2D eigenvalue weighted by molar-refractivity contribution is 5.82. The molecule has 1 nitrogen and oxygen atoms in total. The van der Waals surface area contributed by atoms with Gasteiger partial charge in [-0.05, 0) is 81.2 Å². The third-order valence-corrected chi connectivity index (χ3v) is 9.27. The van der Waals surface area contributed by atoms with Gasteiger partial charge in [0.15, 0.2) is 0 Å². The van der Waals surface area contributed by atoms with Crippen LogP contribution in [0.3, 0.4) is 0 Å². The first-order valence-electron chi connectivity index (χ1n) is 13.1. The third-order valence-electron chi connectivity index (χ3n) is 9.27. The molecule has 10 heteroatoms. The van der Waals surface area contributed by atoms with E-state index in [1.165, 1.54) is 0 Å². The van der Waals surface area contributed by atoms with E-state index in [9.17, 15) is 22.0 Å². The fourth-order valence-corrected chi connectivity index (χ4v) is 6.79. The predicted octanol–water partition coefficient (Wildman–Crippen LogP) is 8.79. The van der Waals surface area contributed by atoms with Crippen molar-refractivity contribution in [2.45, 2.75) is 82.2 Å². The van der Waals surface area contributed by atoms with Crippen LogP contribution in [0.5, 0.6) is 0 Å². The molecule has 2 saturated carbocycles. The maximum absolute atomic E-state index is 15.0. The maximum atomic E-state index is 15.0. The number of hydrogen-bond acceptors (Lipinski definition) is 0. The van der Waals surface area contributed by atoms with Gasteiger partial charge in [0.2, 0.25) is 17.4 Å². The molecule has 0 atom stereocenters. The van der Waals surface area contributed by atoms with Gasteiger partial charge >= 0.3 is 23.7 Å². The summed E-state index contributed by atoms with van der Waals surface area (Å²) in [5, 5.41) is 0.707. The van der Waals surface area contributed by atoms with Crippen molar-refractivity contribution in [3.05, 3.63) is 64.7 Å². The van der Waals surface area contributed by atoms with Crippen LogP contribution in [0, 0.1) is 26.2 Å². The van der Waals surface area contributed by atoms with Gasteiger partial charge < -0.3 is 0 Å². The first-order valence-corrected chi connectivity index (χ1v) is 13.1. The molecule has 0 radical (unpaired) electrons. The Morgan fingerprint density at radius 1 is 0.775 bits per heavy atom. The second kappa shape index (κ2) is 8.86. The molecule has 1 aromatic heterocycles. The molecule has 2 aliphatic carbocycles. The van der Waals surface area contributed by atoms with E-state index in [-0.39, 0.29) is 0 Å². The molecule has 40 heavy (non-hydrogen) atoms. The summed E-state index contributed by atoms with van der Waals surface area (Å²) in [7, 11) is 1.86. The Kier molecular flexibility index (Phi) is 6.36. The van der Waals surface area contributed by atoms with E-state index >= 15 is 17.6 Å². The van der Waals surface area contributed by atoms with Gasteiger partial charge in [0.1, 0.15) is 12.5 Å². The molecule has 0 bridgehead atoms. The number of hydrogen-bond donors (Lipinski definition) is 0. The van der Waals surface area contributed by atoms with Crippen LogP contribution in [0.4, 0.5) is 39.5 Å². The lowest BCUT2D eigenvalue weighted by Gasteiger charge is -2.57. The van der Waals surface area contributed by atoms with Gasteiger partial charge in [0, 0.05) is 23.1 Å². The zero-order chi connectivity index (χ0) is 29.6. The van der Waals surface area contributed by atoms with Crippen LogP contribution in [-0.4, -0.2) is 29.9 Å². The second-order valence-corrected chi connectivity index (χ2v) is 11.4. The van der Waals surface area contributed by atoms with Crippen LogP contribution in [0.2, 0.25) is 0 Å². The van der Waals surface area contributed by atoms with Crippen LogP contribution >= 0.6 is 0 Å². The molecule has 2 aliphatic rings. The van der Waals surface area contributed by atoms with E-state index in [1.54, 1.807) is 18.2 Å². The van der Waals surface area contributed by atoms with Crippen LogP contribution in [-0.2, 0) is 7.05 Å². The Balaban J connectivity index is 1.63. The highest BCUT2D eigenvalue weighted by atomic mass is 19.3. The third kappa shape index (κ3) is 3.52. The molecule has 1 spiro atoms. The Hall–Kier alpha value is -2.78. The molecular weight excluding hydrogens is 545 g/mol. The zero-order valence-electron chi connectivity index (χ0n) is 22.4. The zero-order valence-corrected chi connectivity index (χ0v) is 22.4. The molecule has 3 aromatic rings. The first-order chi connectivity index (χ1) is 18.4. The fourth-order valence-electron chi connectivity index (χ4n) is 6.79. The number of benzene rings is 2. The number of rotatable bonds is 2. The van der Waals surface area contributed by atoms with Crippen LogP contribution in [0.15, 0.2) is 42.5 Å². The number of aromatic nitrogens is 1. The molecule has 1 heterocycles. The lowest BCUT2D eigenvalue weighted by Crippen LogP contribution is -2.78. The summed E-state index contributed by atoms with van der Waals surface area (Å²) in [6.07, 6.45) is -8.59. The van der Waals surface area contributed by atoms with Gasteiger partial charge in [0.05, 0.1) is 0 Å². The molecule has 0 saturated heterocycles. The number of alkyl halides is 9. The molecule has 0 unspecified atom stereocenters. The average Bonchev–Trinajstić information content (AvgIpc) is 2.90. The molecule has 0 amide bonds. The van der Waals surface area contributed by atoms with Gasteiger partial charge in [-0.1, -0.05) is 23.8 Å². The van der Waals surface area contributed by atoms with Gasteiger partial charge in [-0.2, -0.15) is 39.7 Å². The minimum atomic E-state index is -5.95. The number of fused-ring (bicyclic) bond motifs is 1. The largest absolute Gasteiger partial charge is 0.347 e. The average molecular weight is 575 g/mol. The summed E-state index contributed by atoms with van der Waals surface area (Å²) in [4.78, 5) is 0. The number of nitrogens with zero attached hydrogens (tertiary/aromatic N) is 1. The summed E-state index contributed by atoms with van der Waals surface area (Å²) in [6.45, 7) is 5.86. The summed E-state index contributed by atoms with van der Waals surface area (Å²) in [5.41, 5.74) is 2.01. The monoisotopic (exact) mass is 574 g/mol. The predicted molar refractivity (Wildman–Crippen MR) is 133 cm³/mol. The van der Waals surface area contributed by atoms with Crippen molar-refractivity contribution in [1.29, 1.82) is 0 Å². The topological polar surface area (TPSA) is 3.88 Å². The smallest absolute Gasteiger partial charge is 0.234 e. The van der Waals surface area contributed by atoms with Crippen molar-refractivity contribution in [3.63, 3.8) is 0 Å². The summed E-state index contributed by atoms with van der Waals surface area (Å²) < 4.78 is 133. The van der Waals surface area contributed by atoms with E-state index in [1.807, 2.05) is 56.7 Å². The Labute approximate surface area is 226 Å². The van der Waals surface area contributed by atoms with Crippen molar-refractivity contribution < 1.29 is 44.1 Å². The van der Waals surface area contributed by atoms with Crippen LogP contribution in [0.25, 0.3) is 22.2 Å². The van der Waals surface area contributed by atoms with E-state index in [0.29, 0.717) is 10.9 Å². The lowest BCUT2D eigenvalue weighted by molar-refractivity contribution is -0.633. The Morgan fingerprint density at radius 2 is 1.32 bits per heavy atom. The highest BCUT2D eigenvalue weighted by Crippen LogP contribution is 2.72. The van der Waals surface area contributed by atoms with Gasteiger partial charge in [-0.3, -0.25) is 0 Å². The Morgan fingerprint density at radius 3 is 1.90 bits per heavy atom. The summed E-state index contributed by atoms with van der Waals surface area (Å²) in [6, 6.07) is 13.0. The van der Waals surface area contributed by atoms with Gasteiger partial charge in [-0.25, -0.2) is 4.39 Å². The van der Waals surface area contributed by atoms with E-state index in [2.05, 4.69) is 0 Å². The minimum Gasteiger partial charge on any atom is -0.234 e. The van der Waals surface area contributed by atoms with Crippen molar-refractivity contribution in [3.8, 4) is 11.3 Å². The minimum absolute atomic E-state index is 0.475. The van der Waals surface area contributed by atoms with Crippen molar-refractivity contribution in [2.75, 3.05) is 0 Å².